The molecule has 11 aromatic rings. The molecule has 0 saturated carbocycles. The Morgan fingerprint density at radius 1 is 0.230 bits per heavy atom. The highest BCUT2D eigenvalue weighted by Crippen LogP contribution is 2.43. The standard InChI is InChI=1S/C54H35N7/c1-6-18-36(19-7-1)37-32-34-42(35-33-37)61-45-30-16-28-43(53-57-49(38-20-8-2-9-21-38)55-50(58-53)39-22-10-3-11-23-39)47(45)48-44(29-17-31-46(48)61)54-59-51(40-24-12-4-13-25-40)56-52(60-54)41-26-14-5-15-27-41/h1-35H. The number of nitrogens with zero attached hydrogens (tertiary/aromatic N) is 7. The van der Waals surface area contributed by atoms with Crippen LogP contribution in [0.1, 0.15) is 0 Å². The van der Waals surface area contributed by atoms with Crippen LogP contribution >= 0.6 is 0 Å². The van der Waals surface area contributed by atoms with Crippen molar-refractivity contribution in [3.8, 4) is 85.1 Å². The summed E-state index contributed by atoms with van der Waals surface area (Å²) in [5.41, 5.74) is 10.7. The Hall–Kier alpha value is -8.42. The Morgan fingerprint density at radius 3 is 0.869 bits per heavy atom. The Balaban J connectivity index is 1.22. The zero-order valence-corrected chi connectivity index (χ0v) is 32.8. The van der Waals surface area contributed by atoms with Gasteiger partial charge in [0.05, 0.1) is 11.0 Å². The number of fused-ring (bicyclic) bond motifs is 3. The van der Waals surface area contributed by atoms with Gasteiger partial charge in [0.25, 0.3) is 0 Å². The Kier molecular flexibility index (Phi) is 9.02. The number of aromatic nitrogens is 7. The van der Waals surface area contributed by atoms with Crippen molar-refractivity contribution in [3.63, 3.8) is 0 Å². The zero-order valence-electron chi connectivity index (χ0n) is 32.8. The molecule has 8 aromatic carbocycles. The van der Waals surface area contributed by atoms with E-state index in [9.17, 15) is 0 Å². The topological polar surface area (TPSA) is 82.3 Å². The number of hydrogen-bond acceptors (Lipinski definition) is 6. The Morgan fingerprint density at radius 2 is 0.525 bits per heavy atom. The summed E-state index contributed by atoms with van der Waals surface area (Å²) in [5.74, 6) is 3.52. The van der Waals surface area contributed by atoms with Gasteiger partial charge in [-0.15, -0.1) is 0 Å². The predicted molar refractivity (Wildman–Crippen MR) is 246 cm³/mol. The lowest BCUT2D eigenvalue weighted by Gasteiger charge is -2.11. The summed E-state index contributed by atoms with van der Waals surface area (Å²) < 4.78 is 2.32. The molecular weight excluding hydrogens is 747 g/mol. The van der Waals surface area contributed by atoms with Crippen LogP contribution in [0.25, 0.3) is 107 Å². The third-order valence-electron chi connectivity index (χ3n) is 10.9. The average molecular weight is 782 g/mol. The lowest BCUT2D eigenvalue weighted by Crippen LogP contribution is -2.01. The third-order valence-corrected chi connectivity index (χ3v) is 10.9. The maximum Gasteiger partial charge on any atom is 0.164 e. The van der Waals surface area contributed by atoms with Crippen LogP contribution in [-0.4, -0.2) is 34.5 Å². The molecule has 286 valence electrons. The summed E-state index contributed by atoms with van der Waals surface area (Å²) in [6, 6.07) is 72.3. The van der Waals surface area contributed by atoms with Crippen LogP contribution < -0.4 is 0 Å². The normalized spacial score (nSPS) is 11.3. The van der Waals surface area contributed by atoms with Gasteiger partial charge >= 0.3 is 0 Å². The maximum atomic E-state index is 5.22. The first-order valence-corrected chi connectivity index (χ1v) is 20.2. The summed E-state index contributed by atoms with van der Waals surface area (Å²) in [5, 5.41) is 1.96. The number of rotatable bonds is 8. The van der Waals surface area contributed by atoms with Gasteiger partial charge in [0, 0.05) is 49.8 Å². The van der Waals surface area contributed by atoms with Gasteiger partial charge in [0.15, 0.2) is 34.9 Å². The van der Waals surface area contributed by atoms with Gasteiger partial charge in [-0.05, 0) is 35.4 Å². The highest BCUT2D eigenvalue weighted by atomic mass is 15.1. The van der Waals surface area contributed by atoms with E-state index in [1.54, 1.807) is 0 Å². The molecule has 0 unspecified atom stereocenters. The second-order valence-electron chi connectivity index (χ2n) is 14.7. The van der Waals surface area contributed by atoms with Gasteiger partial charge in [-0.3, -0.25) is 0 Å². The van der Waals surface area contributed by atoms with Crippen molar-refractivity contribution in [1.29, 1.82) is 0 Å². The Labute approximate surface area is 352 Å². The van der Waals surface area contributed by atoms with Gasteiger partial charge in [0.2, 0.25) is 0 Å². The van der Waals surface area contributed by atoms with Gasteiger partial charge in [-0.1, -0.05) is 188 Å². The molecule has 0 fully saturated rings. The van der Waals surface area contributed by atoms with Crippen molar-refractivity contribution in [3.05, 3.63) is 212 Å². The first kappa shape index (κ1) is 35.7. The minimum atomic E-state index is 0.567. The summed E-state index contributed by atoms with van der Waals surface area (Å²) in [6.45, 7) is 0. The molecule has 0 atom stereocenters. The molecule has 3 aromatic heterocycles. The molecule has 7 heteroatoms. The van der Waals surface area contributed by atoms with E-state index in [4.69, 9.17) is 29.9 Å². The maximum absolute atomic E-state index is 5.22. The lowest BCUT2D eigenvalue weighted by atomic mass is 10.0. The van der Waals surface area contributed by atoms with Crippen LogP contribution in [0, 0.1) is 0 Å². The molecule has 0 aliphatic heterocycles. The predicted octanol–water partition coefficient (Wildman–Crippen LogP) is 12.8. The molecule has 0 saturated heterocycles. The van der Waals surface area contributed by atoms with Crippen LogP contribution in [0.15, 0.2) is 212 Å². The fraction of sp³-hybridized carbons (Fsp3) is 0. The van der Waals surface area contributed by atoms with Crippen molar-refractivity contribution in [2.24, 2.45) is 0 Å². The minimum absolute atomic E-state index is 0.567. The summed E-state index contributed by atoms with van der Waals surface area (Å²) in [7, 11) is 0. The average Bonchev–Trinajstić information content (AvgIpc) is 3.70. The molecule has 0 aliphatic rings. The molecule has 0 amide bonds. The summed E-state index contributed by atoms with van der Waals surface area (Å²) >= 11 is 0. The van der Waals surface area contributed by atoms with Crippen molar-refractivity contribution >= 4 is 21.8 Å². The van der Waals surface area contributed by atoms with Gasteiger partial charge in [-0.2, -0.15) is 0 Å². The smallest absolute Gasteiger partial charge is 0.164 e. The molecule has 3 heterocycles. The van der Waals surface area contributed by atoms with E-state index < -0.39 is 0 Å². The first-order valence-electron chi connectivity index (χ1n) is 20.2. The molecule has 7 nitrogen and oxygen atoms in total. The van der Waals surface area contributed by atoms with E-state index in [0.29, 0.717) is 34.9 Å². The molecule has 0 bridgehead atoms. The van der Waals surface area contributed by atoms with Gasteiger partial charge in [-0.25, -0.2) is 29.9 Å². The minimum Gasteiger partial charge on any atom is -0.309 e. The number of hydrogen-bond donors (Lipinski definition) is 0. The van der Waals surface area contributed by atoms with Crippen molar-refractivity contribution < 1.29 is 0 Å². The third kappa shape index (κ3) is 6.70. The van der Waals surface area contributed by atoms with E-state index in [2.05, 4.69) is 89.5 Å². The highest BCUT2D eigenvalue weighted by Gasteiger charge is 2.24. The SMILES string of the molecule is c1ccc(-c2ccc(-n3c4cccc(-c5nc(-c6ccccc6)nc(-c6ccccc6)n5)c4c4c(-c5nc(-c6ccccc6)nc(-c6ccccc6)n5)cccc43)cc2)cc1. The quantitative estimate of drug-likeness (QED) is 0.153. The van der Waals surface area contributed by atoms with E-state index in [1.165, 1.54) is 0 Å². The second-order valence-corrected chi connectivity index (χ2v) is 14.7. The highest BCUT2D eigenvalue weighted by molar-refractivity contribution is 6.20. The molecule has 0 N–H and O–H groups in total. The molecule has 0 spiro atoms. The molecule has 0 aliphatic carbocycles. The summed E-state index contributed by atoms with van der Waals surface area (Å²) in [4.78, 5) is 30.9. The van der Waals surface area contributed by atoms with Crippen molar-refractivity contribution in [1.82, 2.24) is 34.5 Å². The monoisotopic (exact) mass is 781 g/mol. The van der Waals surface area contributed by atoms with E-state index in [1.807, 2.05) is 127 Å². The van der Waals surface area contributed by atoms with E-state index in [-0.39, 0.29) is 0 Å². The Bertz CT molecular complexity index is 3020. The van der Waals surface area contributed by atoms with E-state index >= 15 is 0 Å². The first-order chi connectivity index (χ1) is 30.2. The largest absolute Gasteiger partial charge is 0.309 e. The van der Waals surface area contributed by atoms with Crippen molar-refractivity contribution in [2.75, 3.05) is 0 Å². The van der Waals surface area contributed by atoms with Gasteiger partial charge in [0.1, 0.15) is 0 Å². The van der Waals surface area contributed by atoms with Crippen LogP contribution in [0.4, 0.5) is 0 Å². The van der Waals surface area contributed by atoms with Gasteiger partial charge < -0.3 is 4.57 Å². The molecular formula is C54H35N7. The fourth-order valence-corrected chi connectivity index (χ4v) is 8.05. The lowest BCUT2D eigenvalue weighted by molar-refractivity contribution is 1.07. The van der Waals surface area contributed by atoms with Crippen molar-refractivity contribution in [2.45, 2.75) is 0 Å². The van der Waals surface area contributed by atoms with Crippen LogP contribution in [-0.2, 0) is 0 Å². The second kappa shape index (κ2) is 15.4. The number of benzene rings is 8. The zero-order chi connectivity index (χ0) is 40.5. The van der Waals surface area contributed by atoms with E-state index in [0.717, 1.165) is 72.0 Å². The van der Waals surface area contributed by atoms with Crippen LogP contribution in [0.3, 0.4) is 0 Å². The molecule has 11 rings (SSSR count). The van der Waals surface area contributed by atoms with Crippen LogP contribution in [0.5, 0.6) is 0 Å². The molecule has 0 radical (unpaired) electrons. The molecule has 61 heavy (non-hydrogen) atoms. The fourth-order valence-electron chi connectivity index (χ4n) is 8.05. The van der Waals surface area contributed by atoms with Crippen LogP contribution in [0.2, 0.25) is 0 Å². The summed E-state index contributed by atoms with van der Waals surface area (Å²) in [6.07, 6.45) is 0.